The first-order chi connectivity index (χ1) is 18.0. The summed E-state index contributed by atoms with van der Waals surface area (Å²) in [6.45, 7) is 0. The molecule has 2 N–H and O–H groups in total. The zero-order valence-electron chi connectivity index (χ0n) is 20.6. The fraction of sp³-hybridized carbons (Fsp3) is 0.393. The third-order valence-corrected chi connectivity index (χ3v) is 8.62. The van der Waals surface area contributed by atoms with Crippen LogP contribution in [-0.4, -0.2) is 48.5 Å². The monoisotopic (exact) mass is 493 g/mol. The van der Waals surface area contributed by atoms with E-state index in [2.05, 4.69) is 21.0 Å². The molecule has 0 radical (unpaired) electrons. The van der Waals surface area contributed by atoms with E-state index >= 15 is 0 Å². The van der Waals surface area contributed by atoms with Gasteiger partial charge >= 0.3 is 0 Å². The Labute approximate surface area is 213 Å². The summed E-state index contributed by atoms with van der Waals surface area (Å²) < 4.78 is 8.15. The number of hydrogen-bond donors (Lipinski definition) is 1. The maximum Gasteiger partial charge on any atom is 0.254 e. The second kappa shape index (κ2) is 7.35. The van der Waals surface area contributed by atoms with E-state index in [4.69, 9.17) is 15.6 Å². The maximum atomic E-state index is 13.5. The van der Waals surface area contributed by atoms with Gasteiger partial charge in [0.15, 0.2) is 0 Å². The van der Waals surface area contributed by atoms with Crippen LogP contribution in [0.15, 0.2) is 43.0 Å². The molecule has 9 nitrogen and oxygen atoms in total. The molecule has 186 valence electrons. The Morgan fingerprint density at radius 3 is 2.62 bits per heavy atom. The Morgan fingerprint density at radius 2 is 1.89 bits per heavy atom. The fourth-order valence-electron chi connectivity index (χ4n) is 6.18. The Balaban J connectivity index is 1.26. The van der Waals surface area contributed by atoms with Gasteiger partial charge in [-0.15, -0.1) is 0 Å². The van der Waals surface area contributed by atoms with Crippen molar-refractivity contribution in [2.45, 2.75) is 62.1 Å². The van der Waals surface area contributed by atoms with E-state index in [0.717, 1.165) is 77.8 Å². The van der Waals surface area contributed by atoms with Crippen LogP contribution < -0.4 is 10.5 Å². The van der Waals surface area contributed by atoms with Gasteiger partial charge in [-0.3, -0.25) is 4.79 Å². The molecule has 1 aliphatic heterocycles. The number of hydrogen-bond acceptors (Lipinski definition) is 7. The number of rotatable bonds is 4. The lowest BCUT2D eigenvalue weighted by Gasteiger charge is -2.36. The Kier molecular flexibility index (Phi) is 4.22. The van der Waals surface area contributed by atoms with Gasteiger partial charge in [0.05, 0.1) is 28.4 Å². The zero-order chi connectivity index (χ0) is 24.9. The minimum atomic E-state index is -0.379. The number of ether oxygens (including phenoxy) is 1. The summed E-state index contributed by atoms with van der Waals surface area (Å²) in [4.78, 5) is 29.1. The normalized spacial score (nSPS) is 23.4. The van der Waals surface area contributed by atoms with Crippen molar-refractivity contribution in [1.29, 1.82) is 0 Å². The molecule has 4 aromatic heterocycles. The van der Waals surface area contributed by atoms with E-state index in [-0.39, 0.29) is 29.5 Å². The van der Waals surface area contributed by atoms with Gasteiger partial charge in [0.1, 0.15) is 11.9 Å². The number of fused-ring (bicyclic) bond motifs is 9. The lowest BCUT2D eigenvalue weighted by atomic mass is 9.77. The van der Waals surface area contributed by atoms with Gasteiger partial charge in [-0.25, -0.2) is 19.5 Å². The van der Waals surface area contributed by atoms with Gasteiger partial charge in [-0.1, -0.05) is 0 Å². The smallest absolute Gasteiger partial charge is 0.254 e. The Morgan fingerprint density at radius 1 is 1.08 bits per heavy atom. The highest BCUT2D eigenvalue weighted by Crippen LogP contribution is 2.53. The average Bonchev–Trinajstić information content (AvgIpc) is 3.55. The summed E-state index contributed by atoms with van der Waals surface area (Å²) in [7, 11) is 1.87. The molecule has 0 aromatic carbocycles. The lowest BCUT2D eigenvalue weighted by Crippen LogP contribution is -2.44. The second-order valence-electron chi connectivity index (χ2n) is 11.0. The molecule has 2 atom stereocenters. The molecule has 2 bridgehead atoms. The Bertz CT molecular complexity index is 1590. The van der Waals surface area contributed by atoms with Crippen LogP contribution in [0.3, 0.4) is 0 Å². The lowest BCUT2D eigenvalue weighted by molar-refractivity contribution is 0.0734. The summed E-state index contributed by atoms with van der Waals surface area (Å²) in [5.74, 6) is 1.29. The molecular weight excluding hydrogens is 466 g/mol. The van der Waals surface area contributed by atoms with Gasteiger partial charge in [-0.05, 0) is 62.3 Å². The Hall–Kier alpha value is -3.85. The number of aromatic nitrogens is 5. The van der Waals surface area contributed by atoms with Crippen molar-refractivity contribution in [3.63, 3.8) is 0 Å². The molecule has 8 rings (SSSR count). The fourth-order valence-corrected chi connectivity index (χ4v) is 6.18. The van der Waals surface area contributed by atoms with Gasteiger partial charge < -0.3 is 15.4 Å². The minimum Gasteiger partial charge on any atom is -0.474 e. The molecule has 0 spiro atoms. The van der Waals surface area contributed by atoms with Crippen LogP contribution in [0, 0.1) is 0 Å². The number of carbonyl (C=O) groups is 1. The first-order valence-electron chi connectivity index (χ1n) is 13.1. The van der Waals surface area contributed by atoms with Crippen LogP contribution in [0.4, 0.5) is 0 Å². The summed E-state index contributed by atoms with van der Waals surface area (Å²) in [6, 6.07) is 5.92. The number of carbonyl (C=O) groups excluding carboxylic acids is 1. The molecule has 4 aliphatic rings. The zero-order valence-corrected chi connectivity index (χ0v) is 20.6. The van der Waals surface area contributed by atoms with Gasteiger partial charge in [0, 0.05) is 54.4 Å². The molecule has 2 unspecified atom stereocenters. The predicted octanol–water partition coefficient (Wildman–Crippen LogP) is 3.73. The van der Waals surface area contributed by atoms with E-state index < -0.39 is 0 Å². The number of amides is 1. The largest absolute Gasteiger partial charge is 0.474 e. The summed E-state index contributed by atoms with van der Waals surface area (Å²) in [5, 5.41) is 4.95. The summed E-state index contributed by atoms with van der Waals surface area (Å²) in [6.07, 6.45) is 13.4. The second-order valence-corrected chi connectivity index (χ2v) is 11.0. The van der Waals surface area contributed by atoms with Crippen molar-refractivity contribution < 1.29 is 9.53 Å². The number of nitrogens with two attached hydrogens (primary N) is 1. The minimum absolute atomic E-state index is 0.00433. The number of nitrogens with zero attached hydrogens (tertiary/aromatic N) is 6. The molecule has 1 amide bonds. The first kappa shape index (κ1) is 21.3. The molecule has 3 aliphatic carbocycles. The van der Waals surface area contributed by atoms with Gasteiger partial charge in [0.25, 0.3) is 5.91 Å². The molecular formula is C28H27N7O2. The molecule has 37 heavy (non-hydrogen) atoms. The molecule has 4 aromatic rings. The van der Waals surface area contributed by atoms with Crippen molar-refractivity contribution in [2.24, 2.45) is 5.73 Å². The summed E-state index contributed by atoms with van der Waals surface area (Å²) >= 11 is 0. The van der Waals surface area contributed by atoms with Gasteiger partial charge in [-0.2, -0.15) is 5.10 Å². The topological polar surface area (TPSA) is 112 Å². The molecule has 2 fully saturated rings. The summed E-state index contributed by atoms with van der Waals surface area (Å²) in [5.41, 5.74) is 12.7. The predicted molar refractivity (Wildman–Crippen MR) is 135 cm³/mol. The quantitative estimate of drug-likeness (QED) is 0.461. The van der Waals surface area contributed by atoms with E-state index in [1.165, 1.54) is 0 Å². The number of pyridine rings is 2. The third kappa shape index (κ3) is 3.03. The van der Waals surface area contributed by atoms with E-state index in [9.17, 15) is 4.79 Å². The average molecular weight is 494 g/mol. The standard InChI is InChI=1S/C28H27N7O2/c1-34-21-12-19(22-18(26(34)36)5-9-30-25(22)37-17-3-4-17)23-20-11-15(6-10-35(20)33-24(21)23)16-13-31-27(32-14-16)28(29)7-2-8-28/h5-6,9-11,13-14,17,19,21H,2-4,7-8,12,29H2,1H3. The highest BCUT2D eigenvalue weighted by Gasteiger charge is 2.46. The SMILES string of the molecule is CN1C(=O)c2ccnc(OC3CC3)c2C2CC1c1nn3ccc(-c4cnc(C5(N)CCC5)nc4)cc3c12. The van der Waals surface area contributed by atoms with E-state index in [1.54, 1.807) is 6.20 Å². The molecule has 0 saturated heterocycles. The van der Waals surface area contributed by atoms with E-state index in [0.29, 0.717) is 11.4 Å². The van der Waals surface area contributed by atoms with Crippen molar-refractivity contribution in [1.82, 2.24) is 29.5 Å². The van der Waals surface area contributed by atoms with Crippen molar-refractivity contribution in [3.8, 4) is 17.0 Å². The highest BCUT2D eigenvalue weighted by atomic mass is 16.5. The van der Waals surface area contributed by atoms with Crippen LogP contribution >= 0.6 is 0 Å². The van der Waals surface area contributed by atoms with Crippen molar-refractivity contribution in [2.75, 3.05) is 7.05 Å². The third-order valence-electron chi connectivity index (χ3n) is 8.62. The van der Waals surface area contributed by atoms with Crippen LogP contribution in [0.1, 0.15) is 83.5 Å². The van der Waals surface area contributed by atoms with Crippen LogP contribution in [0.25, 0.3) is 16.6 Å². The molecule has 9 heteroatoms. The first-order valence-corrected chi connectivity index (χ1v) is 13.1. The molecule has 5 heterocycles. The van der Waals surface area contributed by atoms with Crippen LogP contribution in [0.2, 0.25) is 0 Å². The maximum absolute atomic E-state index is 13.5. The van der Waals surface area contributed by atoms with E-state index in [1.807, 2.05) is 47.2 Å². The van der Waals surface area contributed by atoms with Crippen LogP contribution in [0.5, 0.6) is 5.88 Å². The van der Waals surface area contributed by atoms with Crippen molar-refractivity contribution >= 4 is 11.4 Å². The molecule has 2 saturated carbocycles. The van der Waals surface area contributed by atoms with Crippen LogP contribution in [-0.2, 0) is 5.54 Å². The van der Waals surface area contributed by atoms with Crippen molar-refractivity contribution in [3.05, 3.63) is 71.2 Å². The van der Waals surface area contributed by atoms with Gasteiger partial charge in [0.2, 0.25) is 5.88 Å². The highest BCUT2D eigenvalue weighted by molar-refractivity contribution is 5.98.